The second kappa shape index (κ2) is 12.2. The lowest BCUT2D eigenvalue weighted by atomic mass is 10.2. The maximum Gasteiger partial charge on any atom is 0.278 e. The fourth-order valence-corrected chi connectivity index (χ4v) is 2.82. The van der Waals surface area contributed by atoms with E-state index in [-0.39, 0.29) is 51.8 Å². The molecule has 0 aliphatic heterocycles. The van der Waals surface area contributed by atoms with Gasteiger partial charge in [0.05, 0.1) is 33.4 Å². The molecule has 0 aliphatic rings. The molecule has 2 aromatic rings. The molecule has 0 aliphatic carbocycles. The molecule has 0 heterocycles. The van der Waals surface area contributed by atoms with Crippen LogP contribution in [-0.2, 0) is 9.59 Å². The Morgan fingerprint density at radius 3 is 1.58 bits per heavy atom. The molecular weight excluding hydrogens is 479 g/mol. The quantitative estimate of drug-likeness (QED) is 0.290. The molecule has 0 bridgehead atoms. The Balaban J connectivity index is 1.78. The summed E-state index contributed by atoms with van der Waals surface area (Å²) in [4.78, 5) is 44.4. The van der Waals surface area contributed by atoms with Crippen molar-refractivity contribution in [2.24, 2.45) is 10.2 Å². The average Bonchev–Trinajstić information content (AvgIpc) is 2.73. The van der Waals surface area contributed by atoms with Crippen molar-refractivity contribution in [3.05, 3.63) is 77.8 Å². The molecule has 0 saturated carbocycles. The first-order valence-electron chi connectivity index (χ1n) is 9.19. The number of rotatable bonds is 10. The smallest absolute Gasteiger partial charge is 0.273 e. The predicted molar refractivity (Wildman–Crippen MR) is 122 cm³/mol. The van der Waals surface area contributed by atoms with E-state index in [1.165, 1.54) is 36.4 Å². The molecule has 0 fully saturated rings. The zero-order valence-corrected chi connectivity index (χ0v) is 18.2. The Labute approximate surface area is 196 Å². The molecule has 0 spiro atoms. The number of nitro groups is 2. The van der Waals surface area contributed by atoms with Crippen LogP contribution in [0.1, 0.15) is 30.4 Å². The number of hydrogen-bond donors (Lipinski definition) is 2. The average molecular weight is 495 g/mol. The van der Waals surface area contributed by atoms with Crippen LogP contribution in [0.3, 0.4) is 0 Å². The molecule has 2 aromatic carbocycles. The highest BCUT2D eigenvalue weighted by Gasteiger charge is 2.13. The Kier molecular flexibility index (Phi) is 9.39. The van der Waals surface area contributed by atoms with Gasteiger partial charge in [-0.25, -0.2) is 10.9 Å². The van der Waals surface area contributed by atoms with Crippen molar-refractivity contribution in [3.8, 4) is 0 Å². The number of halogens is 2. The second-order valence-electron chi connectivity index (χ2n) is 6.36. The zero-order chi connectivity index (χ0) is 24.4. The van der Waals surface area contributed by atoms with E-state index < -0.39 is 21.7 Å². The molecule has 2 rings (SSSR count). The number of amides is 2. The molecule has 12 nitrogen and oxygen atoms in total. The molecule has 0 unspecified atom stereocenters. The standard InChI is InChI=1S/C19H16Cl2N6O6/c20-14-4-6-16(26(30)31)12(8-14)10-22-24-18(28)2-1-3-19(29)25-23-11-13-9-15(21)5-7-17(13)27(32)33/h4-11H,1-3H2,(H,24,28)(H,25,29). The van der Waals surface area contributed by atoms with Crippen LogP contribution in [0.4, 0.5) is 11.4 Å². The van der Waals surface area contributed by atoms with Crippen LogP contribution in [0.5, 0.6) is 0 Å². The van der Waals surface area contributed by atoms with Gasteiger partial charge in [-0.15, -0.1) is 0 Å². The Hall–Kier alpha value is -3.90. The van der Waals surface area contributed by atoms with E-state index in [0.717, 1.165) is 12.4 Å². The van der Waals surface area contributed by atoms with Crippen LogP contribution in [0.25, 0.3) is 0 Å². The van der Waals surface area contributed by atoms with Crippen LogP contribution in [-0.4, -0.2) is 34.1 Å². The van der Waals surface area contributed by atoms with E-state index in [2.05, 4.69) is 21.1 Å². The summed E-state index contributed by atoms with van der Waals surface area (Å²) in [5, 5.41) is 29.8. The topological polar surface area (TPSA) is 169 Å². The summed E-state index contributed by atoms with van der Waals surface area (Å²) in [5.74, 6) is -1.02. The molecular formula is C19H16Cl2N6O6. The zero-order valence-electron chi connectivity index (χ0n) is 16.7. The lowest BCUT2D eigenvalue weighted by Gasteiger charge is -2.01. The maximum absolute atomic E-state index is 11.8. The summed E-state index contributed by atoms with van der Waals surface area (Å²) in [6.07, 6.45) is 2.26. The number of hydrogen-bond acceptors (Lipinski definition) is 8. The van der Waals surface area contributed by atoms with E-state index in [9.17, 15) is 29.8 Å². The van der Waals surface area contributed by atoms with Crippen molar-refractivity contribution in [1.29, 1.82) is 0 Å². The Morgan fingerprint density at radius 1 is 0.818 bits per heavy atom. The maximum atomic E-state index is 11.8. The van der Waals surface area contributed by atoms with Crippen molar-refractivity contribution >= 4 is 58.8 Å². The summed E-state index contributed by atoms with van der Waals surface area (Å²) < 4.78 is 0. The molecule has 0 aromatic heterocycles. The second-order valence-corrected chi connectivity index (χ2v) is 7.23. The Bertz CT molecular complexity index is 1050. The van der Waals surface area contributed by atoms with Gasteiger partial charge in [-0.3, -0.25) is 29.8 Å². The summed E-state index contributed by atoms with van der Waals surface area (Å²) in [6.45, 7) is 0. The third-order valence-corrected chi connectivity index (χ3v) is 4.44. The van der Waals surface area contributed by atoms with Gasteiger partial charge in [0.25, 0.3) is 11.4 Å². The van der Waals surface area contributed by atoms with Gasteiger partial charge in [0, 0.05) is 35.0 Å². The molecule has 2 amide bonds. The van der Waals surface area contributed by atoms with Gasteiger partial charge >= 0.3 is 0 Å². The minimum atomic E-state index is -0.606. The van der Waals surface area contributed by atoms with Crippen LogP contribution in [0.15, 0.2) is 46.6 Å². The number of carbonyl (C=O) groups excluding carboxylic acids is 2. The van der Waals surface area contributed by atoms with Crippen LogP contribution >= 0.6 is 23.2 Å². The third-order valence-electron chi connectivity index (χ3n) is 3.97. The Morgan fingerprint density at radius 2 is 1.21 bits per heavy atom. The van der Waals surface area contributed by atoms with Crippen LogP contribution < -0.4 is 10.9 Å². The normalized spacial score (nSPS) is 11.0. The van der Waals surface area contributed by atoms with Gasteiger partial charge < -0.3 is 0 Å². The largest absolute Gasteiger partial charge is 0.278 e. The van der Waals surface area contributed by atoms with E-state index >= 15 is 0 Å². The molecule has 0 radical (unpaired) electrons. The molecule has 33 heavy (non-hydrogen) atoms. The lowest BCUT2D eigenvalue weighted by Crippen LogP contribution is -2.20. The van der Waals surface area contributed by atoms with E-state index in [1.54, 1.807) is 0 Å². The first-order valence-corrected chi connectivity index (χ1v) is 9.94. The van der Waals surface area contributed by atoms with Crippen molar-refractivity contribution in [1.82, 2.24) is 10.9 Å². The fourth-order valence-electron chi connectivity index (χ4n) is 2.46. The number of nitro benzene ring substituents is 2. The molecule has 172 valence electrons. The summed E-state index contributed by atoms with van der Waals surface area (Å²) >= 11 is 11.6. The number of hydrazone groups is 2. The number of benzene rings is 2. The van der Waals surface area contributed by atoms with Gasteiger partial charge in [-0.2, -0.15) is 10.2 Å². The van der Waals surface area contributed by atoms with Gasteiger partial charge in [0.15, 0.2) is 0 Å². The number of carbonyl (C=O) groups is 2. The highest BCUT2D eigenvalue weighted by Crippen LogP contribution is 2.21. The summed E-state index contributed by atoms with van der Waals surface area (Å²) in [6, 6.07) is 7.83. The first-order chi connectivity index (χ1) is 15.7. The number of nitrogens with one attached hydrogen (secondary N) is 2. The molecule has 14 heteroatoms. The monoisotopic (exact) mass is 494 g/mol. The van der Waals surface area contributed by atoms with Crippen molar-refractivity contribution < 1.29 is 19.4 Å². The number of nitrogens with zero attached hydrogens (tertiary/aromatic N) is 4. The van der Waals surface area contributed by atoms with Crippen molar-refractivity contribution in [3.63, 3.8) is 0 Å². The molecule has 0 saturated heterocycles. The van der Waals surface area contributed by atoms with Crippen molar-refractivity contribution in [2.75, 3.05) is 0 Å². The minimum absolute atomic E-state index is 0.0497. The van der Waals surface area contributed by atoms with Crippen LogP contribution in [0.2, 0.25) is 10.0 Å². The predicted octanol–water partition coefficient (Wildman–Crippen LogP) is 3.58. The van der Waals surface area contributed by atoms with Crippen LogP contribution in [0, 0.1) is 20.2 Å². The SMILES string of the molecule is O=C(CCCC(=O)NN=Cc1cc(Cl)ccc1[N+](=O)[O-])NN=Cc1cc(Cl)ccc1[N+](=O)[O-]. The van der Waals surface area contributed by atoms with E-state index in [0.29, 0.717) is 0 Å². The van der Waals surface area contributed by atoms with E-state index in [4.69, 9.17) is 23.2 Å². The minimum Gasteiger partial charge on any atom is -0.273 e. The van der Waals surface area contributed by atoms with Gasteiger partial charge in [-0.05, 0) is 30.7 Å². The van der Waals surface area contributed by atoms with Gasteiger partial charge in [0.2, 0.25) is 11.8 Å². The van der Waals surface area contributed by atoms with Gasteiger partial charge in [0.1, 0.15) is 0 Å². The highest BCUT2D eigenvalue weighted by atomic mass is 35.5. The summed E-state index contributed by atoms with van der Waals surface area (Å²) in [5.41, 5.74) is 4.19. The highest BCUT2D eigenvalue weighted by molar-refractivity contribution is 6.31. The lowest BCUT2D eigenvalue weighted by molar-refractivity contribution is -0.385. The third kappa shape index (κ3) is 8.27. The molecule has 0 atom stereocenters. The van der Waals surface area contributed by atoms with Gasteiger partial charge in [-0.1, -0.05) is 23.2 Å². The molecule has 2 N–H and O–H groups in total. The van der Waals surface area contributed by atoms with E-state index in [1.807, 2.05) is 0 Å². The first kappa shape index (κ1) is 25.4. The fraction of sp³-hybridized carbons (Fsp3) is 0.158. The summed E-state index contributed by atoms with van der Waals surface area (Å²) in [7, 11) is 0. The van der Waals surface area contributed by atoms with Crippen molar-refractivity contribution in [2.45, 2.75) is 19.3 Å².